The number of aromatic nitrogens is 1. The maximum absolute atomic E-state index is 12.7. The van der Waals surface area contributed by atoms with Crippen molar-refractivity contribution in [3.8, 4) is 0 Å². The van der Waals surface area contributed by atoms with Gasteiger partial charge in [-0.2, -0.15) is 0 Å². The van der Waals surface area contributed by atoms with E-state index in [-0.39, 0.29) is 5.82 Å². The van der Waals surface area contributed by atoms with Crippen molar-refractivity contribution in [3.05, 3.63) is 24.0 Å². The summed E-state index contributed by atoms with van der Waals surface area (Å²) in [5, 5.41) is 0.301. The van der Waals surface area contributed by atoms with Gasteiger partial charge in [-0.3, -0.25) is 0 Å². The number of hydrogen-bond donors (Lipinski definition) is 0. The number of rotatable bonds is 1. The minimum Gasteiger partial charge on any atom is -0.218 e. The first kappa shape index (κ1) is 8.04. The molecule has 0 fully saturated rings. The molecule has 0 aliphatic rings. The average molecular weight is 194 g/mol. The van der Waals surface area contributed by atoms with Crippen LogP contribution in [-0.2, 0) is 4.79 Å². The summed E-state index contributed by atoms with van der Waals surface area (Å²) in [4.78, 5) is 17.2. The lowest BCUT2D eigenvalue weighted by Gasteiger charge is -1.85. The second-order valence-corrected chi connectivity index (χ2v) is 3.32. The van der Waals surface area contributed by atoms with Gasteiger partial charge in [0.2, 0.25) is 11.2 Å². The molecule has 0 aliphatic carbocycles. The van der Waals surface area contributed by atoms with E-state index >= 15 is 0 Å². The molecule has 1 aromatic heterocycles. The minimum atomic E-state index is -0.348. The lowest BCUT2D eigenvalue weighted by Crippen LogP contribution is -1.71. The molecular formula is C8H3FN2OS. The number of carbonyl (C=O) groups excluding carboxylic acids is 1. The highest BCUT2D eigenvalue weighted by molar-refractivity contribution is 7.21. The fourth-order valence-electron chi connectivity index (χ4n) is 0.975. The van der Waals surface area contributed by atoms with Crippen LogP contribution in [0.5, 0.6) is 0 Å². The second-order valence-electron chi connectivity index (χ2n) is 2.31. The van der Waals surface area contributed by atoms with Crippen LogP contribution >= 0.6 is 11.3 Å². The first-order chi connectivity index (χ1) is 6.29. The van der Waals surface area contributed by atoms with E-state index in [1.165, 1.54) is 29.5 Å². The molecule has 0 saturated heterocycles. The van der Waals surface area contributed by atoms with E-state index < -0.39 is 0 Å². The fraction of sp³-hybridized carbons (Fsp3) is 0. The summed E-state index contributed by atoms with van der Waals surface area (Å²) in [5.41, 5.74) is 0.513. The van der Waals surface area contributed by atoms with E-state index in [4.69, 9.17) is 0 Å². The van der Waals surface area contributed by atoms with E-state index in [0.717, 1.165) is 4.70 Å². The summed E-state index contributed by atoms with van der Waals surface area (Å²) in [7, 11) is 0. The Morgan fingerprint density at radius 2 is 2.38 bits per heavy atom. The Kier molecular flexibility index (Phi) is 1.88. The minimum absolute atomic E-state index is 0.301. The quantitative estimate of drug-likeness (QED) is 0.516. The molecule has 0 radical (unpaired) electrons. The molecular weight excluding hydrogens is 191 g/mol. The third-order valence-corrected chi connectivity index (χ3v) is 2.41. The van der Waals surface area contributed by atoms with Gasteiger partial charge in [-0.25, -0.2) is 14.2 Å². The van der Waals surface area contributed by atoms with Crippen molar-refractivity contribution < 1.29 is 9.18 Å². The molecule has 0 aliphatic heterocycles. The standard InChI is InChI=1S/C8H3FN2OS/c9-5-1-2-7-6(3-5)11-8(13-7)10-4-12/h1-3H. The SMILES string of the molecule is O=C=Nc1nc2cc(F)ccc2s1. The van der Waals surface area contributed by atoms with Crippen molar-refractivity contribution in [2.24, 2.45) is 4.99 Å². The van der Waals surface area contributed by atoms with Gasteiger partial charge in [-0.1, -0.05) is 11.3 Å². The zero-order valence-corrected chi connectivity index (χ0v) is 7.14. The van der Waals surface area contributed by atoms with Crippen molar-refractivity contribution >= 4 is 32.8 Å². The molecule has 1 heterocycles. The Hall–Kier alpha value is -1.58. The van der Waals surface area contributed by atoms with Crippen LogP contribution in [-0.4, -0.2) is 11.1 Å². The Labute approximate surface area is 76.6 Å². The van der Waals surface area contributed by atoms with Crippen molar-refractivity contribution in [1.82, 2.24) is 4.98 Å². The number of thiazole rings is 1. The first-order valence-electron chi connectivity index (χ1n) is 3.43. The zero-order chi connectivity index (χ0) is 9.26. The largest absolute Gasteiger partial charge is 0.242 e. The monoisotopic (exact) mass is 194 g/mol. The van der Waals surface area contributed by atoms with Gasteiger partial charge in [0.1, 0.15) is 5.82 Å². The van der Waals surface area contributed by atoms with Crippen molar-refractivity contribution in [3.63, 3.8) is 0 Å². The Bertz CT molecular complexity index is 502. The van der Waals surface area contributed by atoms with Crippen LogP contribution in [0.1, 0.15) is 0 Å². The highest BCUT2D eigenvalue weighted by Crippen LogP contribution is 2.27. The number of nitrogens with zero attached hydrogens (tertiary/aromatic N) is 2. The van der Waals surface area contributed by atoms with Gasteiger partial charge in [0.15, 0.2) is 0 Å². The van der Waals surface area contributed by atoms with Gasteiger partial charge in [0, 0.05) is 6.07 Å². The van der Waals surface area contributed by atoms with Gasteiger partial charge < -0.3 is 0 Å². The predicted octanol–water partition coefficient (Wildman–Crippen LogP) is 2.40. The summed E-state index contributed by atoms with van der Waals surface area (Å²) in [6, 6.07) is 4.25. The van der Waals surface area contributed by atoms with E-state index in [9.17, 15) is 9.18 Å². The number of hydrogen-bond acceptors (Lipinski definition) is 4. The lowest BCUT2D eigenvalue weighted by atomic mass is 10.3. The van der Waals surface area contributed by atoms with Gasteiger partial charge in [-0.15, -0.1) is 4.99 Å². The maximum Gasteiger partial charge on any atom is 0.242 e. The highest BCUT2D eigenvalue weighted by Gasteiger charge is 2.02. The van der Waals surface area contributed by atoms with E-state index in [1.807, 2.05) is 0 Å². The Balaban J connectivity index is 2.68. The van der Waals surface area contributed by atoms with Crippen LogP contribution in [0.4, 0.5) is 9.52 Å². The van der Waals surface area contributed by atoms with E-state index in [2.05, 4.69) is 9.98 Å². The van der Waals surface area contributed by atoms with Gasteiger partial charge in [-0.05, 0) is 12.1 Å². The van der Waals surface area contributed by atoms with Gasteiger partial charge in [0.25, 0.3) is 0 Å². The molecule has 1 aromatic carbocycles. The third-order valence-electron chi connectivity index (χ3n) is 1.48. The molecule has 0 N–H and O–H groups in total. The molecule has 0 atom stereocenters. The van der Waals surface area contributed by atoms with Crippen LogP contribution < -0.4 is 0 Å². The molecule has 3 nitrogen and oxygen atoms in total. The molecule has 0 unspecified atom stereocenters. The van der Waals surface area contributed by atoms with Crippen molar-refractivity contribution in [1.29, 1.82) is 0 Å². The number of aliphatic imine (C=N–C) groups is 1. The summed E-state index contributed by atoms with van der Waals surface area (Å²) in [6.07, 6.45) is 1.39. The summed E-state index contributed by atoms with van der Waals surface area (Å²) in [6.45, 7) is 0. The first-order valence-corrected chi connectivity index (χ1v) is 4.25. The van der Waals surface area contributed by atoms with Crippen molar-refractivity contribution in [2.45, 2.75) is 0 Å². The van der Waals surface area contributed by atoms with Crippen LogP contribution in [0.2, 0.25) is 0 Å². The molecule has 0 spiro atoms. The number of halogens is 1. The van der Waals surface area contributed by atoms with Crippen LogP contribution in [0.3, 0.4) is 0 Å². The van der Waals surface area contributed by atoms with Crippen LogP contribution in [0.15, 0.2) is 23.2 Å². The van der Waals surface area contributed by atoms with Crippen LogP contribution in [0.25, 0.3) is 10.2 Å². The zero-order valence-electron chi connectivity index (χ0n) is 6.32. The summed E-state index contributed by atoms with van der Waals surface area (Å²) in [5.74, 6) is -0.348. The molecule has 2 aromatic rings. The molecule has 13 heavy (non-hydrogen) atoms. The number of benzene rings is 1. The summed E-state index contributed by atoms with van der Waals surface area (Å²) < 4.78 is 13.5. The van der Waals surface area contributed by atoms with Gasteiger partial charge in [0.05, 0.1) is 10.2 Å². The molecule has 0 bridgehead atoms. The molecule has 2 rings (SSSR count). The molecule has 0 saturated carbocycles. The lowest BCUT2D eigenvalue weighted by molar-refractivity contribution is 0.565. The van der Waals surface area contributed by atoms with E-state index in [1.54, 1.807) is 6.07 Å². The average Bonchev–Trinajstić information content (AvgIpc) is 2.46. The highest BCUT2D eigenvalue weighted by atomic mass is 32.1. The van der Waals surface area contributed by atoms with Crippen molar-refractivity contribution in [2.75, 3.05) is 0 Å². The Morgan fingerprint density at radius 3 is 3.15 bits per heavy atom. The summed E-state index contributed by atoms with van der Waals surface area (Å²) >= 11 is 1.22. The predicted molar refractivity (Wildman–Crippen MR) is 47.4 cm³/mol. The Morgan fingerprint density at radius 1 is 1.54 bits per heavy atom. The second kappa shape index (κ2) is 3.05. The van der Waals surface area contributed by atoms with Crippen LogP contribution in [0, 0.1) is 5.82 Å². The smallest absolute Gasteiger partial charge is 0.218 e. The van der Waals surface area contributed by atoms with Gasteiger partial charge >= 0.3 is 0 Å². The fourth-order valence-corrected chi connectivity index (χ4v) is 1.74. The maximum atomic E-state index is 12.7. The molecule has 0 amide bonds. The normalized spacial score (nSPS) is 9.92. The third kappa shape index (κ3) is 1.47. The van der Waals surface area contributed by atoms with E-state index in [0.29, 0.717) is 10.6 Å². The topological polar surface area (TPSA) is 42.3 Å². The molecule has 64 valence electrons. The number of fused-ring (bicyclic) bond motifs is 1. The number of isocyanates is 1. The molecule has 5 heteroatoms.